The highest BCUT2D eigenvalue weighted by atomic mass is 35.5. The maximum absolute atomic E-state index is 11.3. The topological polar surface area (TPSA) is 28.9 Å². The van der Waals surface area contributed by atoms with Gasteiger partial charge in [0.25, 0.3) is 0 Å². The highest BCUT2D eigenvalue weighted by Gasteiger charge is 2.33. The third-order valence-corrected chi connectivity index (χ3v) is 2.67. The molecule has 0 amide bonds. The van der Waals surface area contributed by atoms with Crippen LogP contribution in [0.1, 0.15) is 12.8 Å². The van der Waals surface area contributed by atoms with Crippen LogP contribution in [0.4, 0.5) is 0 Å². The molecule has 15 heavy (non-hydrogen) atoms. The molecule has 1 atom stereocenters. The third-order valence-electron chi connectivity index (χ3n) is 2.67. The van der Waals surface area contributed by atoms with E-state index in [2.05, 4.69) is 6.58 Å². The number of rotatable bonds is 3. The van der Waals surface area contributed by atoms with E-state index in [9.17, 15) is 4.91 Å². The minimum absolute atomic E-state index is 0. The lowest BCUT2D eigenvalue weighted by Crippen LogP contribution is -2.40. The summed E-state index contributed by atoms with van der Waals surface area (Å²) in [6, 6.07) is 0.153. The summed E-state index contributed by atoms with van der Waals surface area (Å²) in [7, 11) is 0. The van der Waals surface area contributed by atoms with Crippen molar-refractivity contribution in [3.8, 4) is 0 Å². The smallest absolute Gasteiger partial charge is 0.229 e. The third kappa shape index (κ3) is 2.65. The molecule has 1 saturated heterocycles. The normalized spacial score (nSPS) is 20.0. The van der Waals surface area contributed by atoms with Crippen LogP contribution in [0, 0.1) is 4.91 Å². The molecule has 1 aromatic heterocycles. The van der Waals surface area contributed by atoms with E-state index in [1.54, 1.807) is 6.20 Å². The molecule has 1 fully saturated rings. The lowest BCUT2D eigenvalue weighted by molar-refractivity contribution is -0.735. The Labute approximate surface area is 95.2 Å². The van der Waals surface area contributed by atoms with E-state index in [1.165, 1.54) is 4.76 Å². The van der Waals surface area contributed by atoms with Crippen LogP contribution in [0.2, 0.25) is 0 Å². The first-order chi connectivity index (χ1) is 6.79. The van der Waals surface area contributed by atoms with Crippen molar-refractivity contribution >= 4 is 18.6 Å². The fourth-order valence-electron chi connectivity index (χ4n) is 1.86. The Morgan fingerprint density at radius 3 is 2.93 bits per heavy atom. The molecule has 1 unspecified atom stereocenters. The summed E-state index contributed by atoms with van der Waals surface area (Å²) in [6.45, 7) is 5.14. The van der Waals surface area contributed by atoms with E-state index in [0.717, 1.165) is 19.4 Å². The van der Waals surface area contributed by atoms with E-state index < -0.39 is 0 Å². The van der Waals surface area contributed by atoms with E-state index in [4.69, 9.17) is 0 Å². The van der Waals surface area contributed by atoms with Crippen molar-refractivity contribution in [3.05, 3.63) is 30.2 Å². The van der Waals surface area contributed by atoms with Crippen LogP contribution in [0.3, 0.4) is 0 Å². The number of nitroso groups, excluding NO2 is 1. The van der Waals surface area contributed by atoms with Crippen LogP contribution >= 0.6 is 12.4 Å². The molecule has 1 aliphatic rings. The summed E-state index contributed by atoms with van der Waals surface area (Å²) in [5.74, 6) is 0. The summed E-state index contributed by atoms with van der Waals surface area (Å²) < 4.78 is 5.10. The molecular weight excluding hydrogens is 214 g/mol. The number of aromatic nitrogens is 2. The van der Waals surface area contributed by atoms with Gasteiger partial charge in [-0.3, -0.25) is 0 Å². The maximum atomic E-state index is 11.3. The fraction of sp³-hybridized carbons (Fsp3) is 0.500. The van der Waals surface area contributed by atoms with Crippen molar-refractivity contribution in [2.24, 2.45) is 0 Å². The molecule has 0 N–H and O–H groups in total. The largest absolute Gasteiger partial charge is 0.248 e. The Morgan fingerprint density at radius 1 is 1.60 bits per heavy atom. The second-order valence-electron chi connectivity index (χ2n) is 3.68. The molecule has 0 radical (unpaired) electrons. The van der Waals surface area contributed by atoms with Crippen molar-refractivity contribution in [3.63, 3.8) is 0 Å². The predicted molar refractivity (Wildman–Crippen MR) is 59.8 cm³/mol. The van der Waals surface area contributed by atoms with Gasteiger partial charge in [-0.1, -0.05) is 6.58 Å². The first-order valence-electron chi connectivity index (χ1n) is 4.92. The van der Waals surface area contributed by atoms with Crippen molar-refractivity contribution < 1.29 is 9.33 Å². The minimum Gasteiger partial charge on any atom is -0.229 e. The van der Waals surface area contributed by atoms with E-state index in [1.807, 2.05) is 27.9 Å². The highest BCUT2D eigenvalue weighted by Crippen LogP contribution is 2.11. The van der Waals surface area contributed by atoms with Gasteiger partial charge in [0.15, 0.2) is 13.1 Å². The molecule has 1 aliphatic heterocycles. The Morgan fingerprint density at radius 2 is 2.40 bits per heavy atom. The molecule has 4 nitrogen and oxygen atoms in total. The molecule has 0 aliphatic carbocycles. The van der Waals surface area contributed by atoms with Gasteiger partial charge >= 0.3 is 0 Å². The van der Waals surface area contributed by atoms with Crippen LogP contribution in [0.5, 0.6) is 0 Å². The molecule has 0 saturated carbocycles. The van der Waals surface area contributed by atoms with Gasteiger partial charge in [-0.05, 0) is 0 Å². The second kappa shape index (κ2) is 5.07. The van der Waals surface area contributed by atoms with Crippen molar-refractivity contribution in [2.75, 3.05) is 6.54 Å². The fourth-order valence-corrected chi connectivity index (χ4v) is 1.86. The molecule has 82 valence electrons. The van der Waals surface area contributed by atoms with E-state index in [0.29, 0.717) is 6.54 Å². The van der Waals surface area contributed by atoms with Crippen LogP contribution in [0.15, 0.2) is 25.3 Å². The van der Waals surface area contributed by atoms with Crippen LogP contribution in [0.25, 0.3) is 6.20 Å². The van der Waals surface area contributed by atoms with Crippen molar-refractivity contribution in [2.45, 2.75) is 25.4 Å². The van der Waals surface area contributed by atoms with Gasteiger partial charge in [-0.25, -0.2) is 9.13 Å². The molecule has 0 bridgehead atoms. The minimum atomic E-state index is 0. The Kier molecular flexibility index (Phi) is 4.03. The first kappa shape index (κ1) is 11.9. The standard InChI is InChI=1S/C10H15N3O.ClH/c1-2-11-6-7-12(9-11)8-10-4-3-5-13(10)14;/h2,6-7,9-10H,1,3-5,8H2;1H/q+2;. The number of imidazole rings is 1. The van der Waals surface area contributed by atoms with Gasteiger partial charge in [0.1, 0.15) is 12.4 Å². The number of hydrogen-bond donors (Lipinski definition) is 0. The lowest BCUT2D eigenvalue weighted by Gasteiger charge is -1.96. The SMILES string of the molecule is C=Cn1cc[n+](CC2CCC[N+]2=O)c1.Cl. The number of hydrogen-bond acceptors (Lipinski definition) is 1. The van der Waals surface area contributed by atoms with E-state index >= 15 is 0 Å². The highest BCUT2D eigenvalue weighted by molar-refractivity contribution is 5.85. The molecule has 0 aromatic carbocycles. The van der Waals surface area contributed by atoms with Gasteiger partial charge in [-0.2, -0.15) is 0 Å². The number of halogens is 1. The van der Waals surface area contributed by atoms with Gasteiger partial charge in [0.2, 0.25) is 12.4 Å². The van der Waals surface area contributed by atoms with Gasteiger partial charge in [0.05, 0.1) is 6.20 Å². The average Bonchev–Trinajstić information content (AvgIpc) is 2.77. The van der Waals surface area contributed by atoms with Crippen molar-refractivity contribution in [1.82, 2.24) is 4.57 Å². The zero-order valence-corrected chi connectivity index (χ0v) is 9.40. The monoisotopic (exact) mass is 229 g/mol. The molecule has 2 heterocycles. The summed E-state index contributed by atoms with van der Waals surface area (Å²) >= 11 is 0. The predicted octanol–water partition coefficient (Wildman–Crippen LogP) is 1.24. The molecule has 0 spiro atoms. The summed E-state index contributed by atoms with van der Waals surface area (Å²) in [5.41, 5.74) is 0. The lowest BCUT2D eigenvalue weighted by atomic mass is 10.2. The molecular formula is C10H16ClN3O+2. The van der Waals surface area contributed by atoms with Crippen LogP contribution < -0.4 is 4.57 Å². The zero-order valence-electron chi connectivity index (χ0n) is 8.58. The zero-order chi connectivity index (χ0) is 9.97. The summed E-state index contributed by atoms with van der Waals surface area (Å²) in [5, 5.41) is 0. The maximum Gasteiger partial charge on any atom is 0.248 e. The average molecular weight is 230 g/mol. The molecule has 2 rings (SSSR count). The van der Waals surface area contributed by atoms with Crippen LogP contribution in [-0.4, -0.2) is 21.9 Å². The first-order valence-corrected chi connectivity index (χ1v) is 4.92. The Bertz CT molecular complexity index is 361. The quantitative estimate of drug-likeness (QED) is 0.717. The van der Waals surface area contributed by atoms with Crippen LogP contribution in [-0.2, 0) is 6.54 Å². The Balaban J connectivity index is 0.00000112. The van der Waals surface area contributed by atoms with Gasteiger partial charge < -0.3 is 0 Å². The summed E-state index contributed by atoms with van der Waals surface area (Å²) in [4.78, 5) is 11.3. The number of nitrogens with zero attached hydrogens (tertiary/aromatic N) is 3. The second-order valence-corrected chi connectivity index (χ2v) is 3.68. The Hall–Kier alpha value is -1.16. The molecule has 1 aromatic rings. The van der Waals surface area contributed by atoms with E-state index in [-0.39, 0.29) is 18.4 Å². The van der Waals surface area contributed by atoms with Gasteiger partial charge in [0, 0.05) is 22.5 Å². The molecule has 5 heteroatoms. The summed E-state index contributed by atoms with van der Waals surface area (Å²) in [6.07, 6.45) is 9.61. The van der Waals surface area contributed by atoms with Crippen molar-refractivity contribution in [1.29, 1.82) is 0 Å². The van der Waals surface area contributed by atoms with Gasteiger partial charge in [-0.15, -0.1) is 12.4 Å².